The summed E-state index contributed by atoms with van der Waals surface area (Å²) in [6.07, 6.45) is 6.33. The summed E-state index contributed by atoms with van der Waals surface area (Å²) < 4.78 is 9.03. The normalized spacial score (nSPS) is 20.0. The van der Waals surface area contributed by atoms with Crippen molar-refractivity contribution in [3.63, 3.8) is 0 Å². The summed E-state index contributed by atoms with van der Waals surface area (Å²) >= 11 is 0. The number of amides is 1. The molecule has 2 aliphatic rings. The molecule has 5 rings (SSSR count). The summed E-state index contributed by atoms with van der Waals surface area (Å²) in [5.41, 5.74) is 4.66. The Kier molecular flexibility index (Phi) is 8.87. The zero-order chi connectivity index (χ0) is 29.2. The van der Waals surface area contributed by atoms with Gasteiger partial charge < -0.3 is 19.0 Å². The van der Waals surface area contributed by atoms with Crippen LogP contribution in [0.25, 0.3) is 11.0 Å². The second-order valence-corrected chi connectivity index (χ2v) is 18.2. The summed E-state index contributed by atoms with van der Waals surface area (Å²) in [6.45, 7) is 15.7. The van der Waals surface area contributed by atoms with Crippen LogP contribution in [0.2, 0.25) is 18.1 Å². The fraction of sp³-hybridized carbons (Fsp3) is 0.594. The number of imidazole rings is 1. The van der Waals surface area contributed by atoms with E-state index in [0.29, 0.717) is 26.2 Å². The molecule has 41 heavy (non-hydrogen) atoms. The lowest BCUT2D eigenvalue weighted by Gasteiger charge is -2.39. The number of carbonyl (C=O) groups is 1. The minimum absolute atomic E-state index is 0.161. The van der Waals surface area contributed by atoms with E-state index in [0.717, 1.165) is 62.1 Å². The molecule has 9 heteroatoms. The molecule has 1 aliphatic heterocycles. The molecule has 0 spiro atoms. The molecule has 2 aromatic heterocycles. The van der Waals surface area contributed by atoms with Gasteiger partial charge >= 0.3 is 6.09 Å². The number of pyridine rings is 1. The SMILES string of the molecule is CC(C)(C)[Si](C)(C)OCCN(Cc1nc2ccccc2n1C[C@@H]1CCCN(C(=O)O)C1)[C@H]1CCCc2cccnc21. The number of aryl methyl sites for hydroxylation is 1. The van der Waals surface area contributed by atoms with Crippen molar-refractivity contribution in [1.29, 1.82) is 0 Å². The predicted octanol–water partition coefficient (Wildman–Crippen LogP) is 6.72. The van der Waals surface area contributed by atoms with Crippen LogP contribution in [0, 0.1) is 5.92 Å². The molecule has 8 nitrogen and oxygen atoms in total. The van der Waals surface area contributed by atoms with Crippen molar-refractivity contribution in [2.75, 3.05) is 26.2 Å². The van der Waals surface area contributed by atoms with Gasteiger partial charge in [0.25, 0.3) is 0 Å². The van der Waals surface area contributed by atoms with Crippen LogP contribution in [0.1, 0.15) is 69.6 Å². The molecule has 1 saturated heterocycles. The first-order valence-corrected chi connectivity index (χ1v) is 18.2. The number of nitrogens with zero attached hydrogens (tertiary/aromatic N) is 5. The molecule has 1 aliphatic carbocycles. The van der Waals surface area contributed by atoms with Gasteiger partial charge in [0.05, 0.1) is 29.3 Å². The highest BCUT2D eigenvalue weighted by atomic mass is 28.4. The minimum atomic E-state index is -1.88. The van der Waals surface area contributed by atoms with E-state index < -0.39 is 14.4 Å². The van der Waals surface area contributed by atoms with Gasteiger partial charge in [-0.3, -0.25) is 9.88 Å². The molecule has 0 unspecified atom stereocenters. The average Bonchev–Trinajstić information content (AvgIpc) is 3.28. The number of hydrogen-bond donors (Lipinski definition) is 1. The Hall–Kier alpha value is -2.75. The summed E-state index contributed by atoms with van der Waals surface area (Å²) in [7, 11) is -1.88. The molecular formula is C32H47N5O3Si. The van der Waals surface area contributed by atoms with E-state index in [1.54, 1.807) is 4.90 Å². The molecule has 2 atom stereocenters. The van der Waals surface area contributed by atoms with E-state index in [-0.39, 0.29) is 17.0 Å². The Labute approximate surface area is 245 Å². The highest BCUT2D eigenvalue weighted by molar-refractivity contribution is 6.74. The number of piperidine rings is 1. The highest BCUT2D eigenvalue weighted by Crippen LogP contribution is 2.37. The Balaban J connectivity index is 1.45. The average molecular weight is 578 g/mol. The first-order valence-electron chi connectivity index (χ1n) is 15.3. The van der Waals surface area contributed by atoms with Crippen LogP contribution in [-0.4, -0.2) is 70.1 Å². The molecule has 1 aromatic carbocycles. The Morgan fingerprint density at radius 1 is 1.15 bits per heavy atom. The Morgan fingerprint density at radius 2 is 1.95 bits per heavy atom. The fourth-order valence-electron chi connectivity index (χ4n) is 6.20. The van der Waals surface area contributed by atoms with Crippen LogP contribution in [0.5, 0.6) is 0 Å². The largest absolute Gasteiger partial charge is 0.465 e. The molecule has 1 N–H and O–H groups in total. The molecule has 0 radical (unpaired) electrons. The number of fused-ring (bicyclic) bond motifs is 2. The maximum Gasteiger partial charge on any atom is 0.407 e. The lowest BCUT2D eigenvalue weighted by atomic mass is 9.91. The Bertz CT molecular complexity index is 1350. The molecule has 3 heterocycles. The van der Waals surface area contributed by atoms with Gasteiger partial charge in [0.1, 0.15) is 5.82 Å². The zero-order valence-corrected chi connectivity index (χ0v) is 26.5. The Morgan fingerprint density at radius 3 is 2.73 bits per heavy atom. The van der Waals surface area contributed by atoms with E-state index in [1.165, 1.54) is 11.3 Å². The van der Waals surface area contributed by atoms with Gasteiger partial charge in [0.15, 0.2) is 8.32 Å². The van der Waals surface area contributed by atoms with Gasteiger partial charge in [-0.25, -0.2) is 9.78 Å². The van der Waals surface area contributed by atoms with Crippen molar-refractivity contribution in [2.24, 2.45) is 5.92 Å². The van der Waals surface area contributed by atoms with E-state index in [2.05, 4.69) is 73.7 Å². The number of carboxylic acid groups (broad SMARTS) is 1. The maximum atomic E-state index is 11.7. The summed E-state index contributed by atoms with van der Waals surface area (Å²) in [4.78, 5) is 25.9. The van der Waals surface area contributed by atoms with Crippen molar-refractivity contribution in [3.05, 3.63) is 59.7 Å². The van der Waals surface area contributed by atoms with Crippen molar-refractivity contribution < 1.29 is 14.3 Å². The predicted molar refractivity (Wildman–Crippen MR) is 166 cm³/mol. The van der Waals surface area contributed by atoms with Gasteiger partial charge in [-0.2, -0.15) is 0 Å². The topological polar surface area (TPSA) is 83.7 Å². The molecular weight excluding hydrogens is 530 g/mol. The van der Waals surface area contributed by atoms with Gasteiger partial charge in [-0.05, 0) is 79.9 Å². The van der Waals surface area contributed by atoms with Crippen molar-refractivity contribution in [2.45, 2.75) is 90.1 Å². The third-order valence-corrected chi connectivity index (χ3v) is 14.1. The van der Waals surface area contributed by atoms with E-state index >= 15 is 0 Å². The van der Waals surface area contributed by atoms with Gasteiger partial charge in [-0.1, -0.05) is 39.0 Å². The first kappa shape index (κ1) is 29.7. The lowest BCUT2D eigenvalue weighted by molar-refractivity contribution is 0.114. The quantitative estimate of drug-likeness (QED) is 0.284. The van der Waals surface area contributed by atoms with Crippen LogP contribution in [0.3, 0.4) is 0 Å². The smallest absolute Gasteiger partial charge is 0.407 e. The lowest BCUT2D eigenvalue weighted by Crippen LogP contribution is -2.43. The maximum absolute atomic E-state index is 11.7. The fourth-order valence-corrected chi connectivity index (χ4v) is 7.23. The van der Waals surface area contributed by atoms with Crippen molar-refractivity contribution in [1.82, 2.24) is 24.3 Å². The number of benzene rings is 1. The van der Waals surface area contributed by atoms with Crippen LogP contribution in [-0.2, 0) is 23.9 Å². The van der Waals surface area contributed by atoms with E-state index in [9.17, 15) is 9.90 Å². The summed E-state index contributed by atoms with van der Waals surface area (Å²) in [5.74, 6) is 1.30. The highest BCUT2D eigenvalue weighted by Gasteiger charge is 2.37. The number of para-hydroxylation sites is 2. The van der Waals surface area contributed by atoms with Crippen molar-refractivity contribution in [3.8, 4) is 0 Å². The zero-order valence-electron chi connectivity index (χ0n) is 25.5. The van der Waals surface area contributed by atoms with E-state index in [1.807, 2.05) is 12.3 Å². The van der Waals surface area contributed by atoms with E-state index in [4.69, 9.17) is 14.4 Å². The van der Waals surface area contributed by atoms with Crippen LogP contribution in [0.15, 0.2) is 42.6 Å². The van der Waals surface area contributed by atoms with Crippen molar-refractivity contribution >= 4 is 25.4 Å². The summed E-state index contributed by atoms with van der Waals surface area (Å²) in [5, 5.41) is 9.79. The number of hydrogen-bond acceptors (Lipinski definition) is 5. The third kappa shape index (κ3) is 6.68. The first-order chi connectivity index (χ1) is 19.5. The second kappa shape index (κ2) is 12.2. The molecule has 0 bridgehead atoms. The number of likely N-dealkylation sites (tertiary alicyclic amines) is 1. The van der Waals surface area contributed by atoms with Crippen LogP contribution in [0.4, 0.5) is 4.79 Å². The summed E-state index contributed by atoms with van der Waals surface area (Å²) in [6, 6.07) is 12.8. The monoisotopic (exact) mass is 577 g/mol. The van der Waals surface area contributed by atoms with Crippen LogP contribution >= 0.6 is 0 Å². The van der Waals surface area contributed by atoms with Gasteiger partial charge in [0.2, 0.25) is 0 Å². The second-order valence-electron chi connectivity index (χ2n) is 13.4. The number of rotatable bonds is 9. The molecule has 1 fully saturated rings. The standard InChI is InChI=1S/C32H47N5O3Si/c1-32(2,3)41(4,5)40-20-19-35(28-16-8-12-25-13-9-17-33-30(25)28)23-29-34-26-14-6-7-15-27(26)37(29)22-24-11-10-18-36(21-24)31(38)39/h6-7,9,13-15,17,24,28H,8,10-12,16,18-23H2,1-5H3,(H,38,39)/t24-,28+/m1/s1. The molecule has 0 saturated carbocycles. The molecule has 1 amide bonds. The molecule has 3 aromatic rings. The third-order valence-electron chi connectivity index (χ3n) is 9.56. The van der Waals surface area contributed by atoms with Gasteiger partial charge in [0, 0.05) is 39.0 Å². The van der Waals surface area contributed by atoms with Gasteiger partial charge in [-0.15, -0.1) is 0 Å². The minimum Gasteiger partial charge on any atom is -0.465 e. The molecule has 222 valence electrons. The number of aromatic nitrogens is 3. The van der Waals surface area contributed by atoms with Crippen LogP contribution < -0.4 is 0 Å².